The first kappa shape index (κ1) is 13.0. The molecule has 2 aromatic carbocycles. The number of benzene rings is 2. The second-order valence-corrected chi connectivity index (χ2v) is 4.42. The highest BCUT2D eigenvalue weighted by Gasteiger charge is 2.09. The third-order valence-corrected chi connectivity index (χ3v) is 2.69. The molecular weight excluding hydrogens is 240 g/mol. The molecule has 0 N–H and O–H groups in total. The van der Waals surface area contributed by atoms with Crippen molar-refractivity contribution in [3.63, 3.8) is 0 Å². The SMILES string of the molecule is Cc1cc(C)cc(N=Cc2ccccc2[N+](=O)[O-])c1. The zero-order valence-corrected chi connectivity index (χ0v) is 10.8. The van der Waals surface area contributed by atoms with Crippen molar-refractivity contribution in [3.05, 3.63) is 69.3 Å². The lowest BCUT2D eigenvalue weighted by molar-refractivity contribution is -0.385. The summed E-state index contributed by atoms with van der Waals surface area (Å²) in [6.07, 6.45) is 1.53. The second-order valence-electron chi connectivity index (χ2n) is 4.42. The standard InChI is InChI=1S/C15H14N2O2/c1-11-7-12(2)9-14(8-11)16-10-13-5-3-4-6-15(13)17(18)19/h3-10H,1-2H3. The average Bonchev–Trinajstić information content (AvgIpc) is 2.35. The van der Waals surface area contributed by atoms with Gasteiger partial charge in [-0.15, -0.1) is 0 Å². The molecule has 0 spiro atoms. The van der Waals surface area contributed by atoms with Crippen LogP contribution >= 0.6 is 0 Å². The van der Waals surface area contributed by atoms with Crippen LogP contribution in [-0.2, 0) is 0 Å². The van der Waals surface area contributed by atoms with Crippen molar-refractivity contribution in [1.82, 2.24) is 0 Å². The van der Waals surface area contributed by atoms with Gasteiger partial charge in [0.1, 0.15) is 0 Å². The number of para-hydroxylation sites is 1. The molecule has 0 heterocycles. The first-order valence-electron chi connectivity index (χ1n) is 5.92. The molecular formula is C15H14N2O2. The number of nitro groups is 1. The molecule has 4 heteroatoms. The van der Waals surface area contributed by atoms with Gasteiger partial charge in [0.05, 0.1) is 16.2 Å². The Balaban J connectivity index is 2.35. The van der Waals surface area contributed by atoms with E-state index in [-0.39, 0.29) is 5.69 Å². The number of aryl methyl sites for hydroxylation is 2. The topological polar surface area (TPSA) is 55.5 Å². The van der Waals surface area contributed by atoms with E-state index in [1.807, 2.05) is 26.0 Å². The van der Waals surface area contributed by atoms with Crippen LogP contribution in [0.1, 0.15) is 16.7 Å². The molecule has 0 unspecified atom stereocenters. The Morgan fingerprint density at radius 3 is 2.37 bits per heavy atom. The molecule has 0 aliphatic rings. The Labute approximate surface area is 111 Å². The Bertz CT molecular complexity index is 628. The van der Waals surface area contributed by atoms with Crippen LogP contribution in [0.3, 0.4) is 0 Å². The molecule has 2 rings (SSSR count). The number of hydrogen-bond donors (Lipinski definition) is 0. The molecule has 0 aromatic heterocycles. The highest BCUT2D eigenvalue weighted by Crippen LogP contribution is 2.19. The van der Waals surface area contributed by atoms with Crippen LogP contribution in [0.5, 0.6) is 0 Å². The Morgan fingerprint density at radius 2 is 1.74 bits per heavy atom. The molecule has 0 saturated heterocycles. The summed E-state index contributed by atoms with van der Waals surface area (Å²) in [6.45, 7) is 3.99. The lowest BCUT2D eigenvalue weighted by Crippen LogP contribution is -1.93. The maximum absolute atomic E-state index is 10.9. The molecule has 96 valence electrons. The fourth-order valence-electron chi connectivity index (χ4n) is 1.93. The minimum Gasteiger partial charge on any atom is -0.258 e. The molecule has 0 aliphatic heterocycles. The summed E-state index contributed by atoms with van der Waals surface area (Å²) in [7, 11) is 0. The summed E-state index contributed by atoms with van der Waals surface area (Å²) in [4.78, 5) is 14.8. The zero-order chi connectivity index (χ0) is 13.8. The van der Waals surface area contributed by atoms with Gasteiger partial charge in [0.25, 0.3) is 5.69 Å². The van der Waals surface area contributed by atoms with E-state index < -0.39 is 4.92 Å². The number of nitro benzene ring substituents is 1. The van der Waals surface area contributed by atoms with Gasteiger partial charge in [-0.2, -0.15) is 0 Å². The normalized spacial score (nSPS) is 10.8. The van der Waals surface area contributed by atoms with Crippen molar-refractivity contribution in [3.8, 4) is 0 Å². The van der Waals surface area contributed by atoms with E-state index in [9.17, 15) is 10.1 Å². The van der Waals surface area contributed by atoms with Crippen molar-refractivity contribution in [2.24, 2.45) is 4.99 Å². The van der Waals surface area contributed by atoms with E-state index in [1.54, 1.807) is 18.2 Å². The molecule has 2 aromatic rings. The Hall–Kier alpha value is -2.49. The maximum atomic E-state index is 10.9. The van der Waals surface area contributed by atoms with E-state index in [0.29, 0.717) is 5.56 Å². The van der Waals surface area contributed by atoms with Crippen molar-refractivity contribution in [1.29, 1.82) is 0 Å². The highest BCUT2D eigenvalue weighted by molar-refractivity contribution is 5.87. The van der Waals surface area contributed by atoms with Gasteiger partial charge in [0.15, 0.2) is 0 Å². The summed E-state index contributed by atoms with van der Waals surface area (Å²) in [5.41, 5.74) is 3.61. The molecule has 0 saturated carbocycles. The number of hydrogen-bond acceptors (Lipinski definition) is 3. The molecule has 0 radical (unpaired) electrons. The van der Waals surface area contributed by atoms with Gasteiger partial charge in [-0.05, 0) is 43.2 Å². The summed E-state index contributed by atoms with van der Waals surface area (Å²) < 4.78 is 0. The van der Waals surface area contributed by atoms with E-state index in [1.165, 1.54) is 12.3 Å². The number of aliphatic imine (C=N–C) groups is 1. The van der Waals surface area contributed by atoms with E-state index in [0.717, 1.165) is 16.8 Å². The van der Waals surface area contributed by atoms with Gasteiger partial charge in [-0.25, -0.2) is 0 Å². The molecule has 0 bridgehead atoms. The second kappa shape index (κ2) is 5.44. The average molecular weight is 254 g/mol. The minimum atomic E-state index is -0.400. The van der Waals surface area contributed by atoms with Crippen LogP contribution in [0.2, 0.25) is 0 Å². The first-order chi connectivity index (χ1) is 9.06. The van der Waals surface area contributed by atoms with Gasteiger partial charge in [-0.3, -0.25) is 15.1 Å². The smallest absolute Gasteiger partial charge is 0.258 e. The highest BCUT2D eigenvalue weighted by atomic mass is 16.6. The largest absolute Gasteiger partial charge is 0.278 e. The van der Waals surface area contributed by atoms with Gasteiger partial charge in [0, 0.05) is 12.3 Å². The monoisotopic (exact) mass is 254 g/mol. The van der Waals surface area contributed by atoms with Gasteiger partial charge in [0.2, 0.25) is 0 Å². The van der Waals surface area contributed by atoms with Crippen LogP contribution in [0.4, 0.5) is 11.4 Å². The predicted molar refractivity (Wildman–Crippen MR) is 76.3 cm³/mol. The Morgan fingerprint density at radius 1 is 1.11 bits per heavy atom. The maximum Gasteiger partial charge on any atom is 0.278 e. The summed E-state index contributed by atoms with van der Waals surface area (Å²) in [6, 6.07) is 12.5. The molecule has 0 aliphatic carbocycles. The summed E-state index contributed by atoms with van der Waals surface area (Å²) >= 11 is 0. The molecule has 0 amide bonds. The minimum absolute atomic E-state index is 0.0654. The van der Waals surface area contributed by atoms with Crippen LogP contribution in [0.15, 0.2) is 47.5 Å². The molecule has 4 nitrogen and oxygen atoms in total. The van der Waals surface area contributed by atoms with Gasteiger partial charge < -0.3 is 0 Å². The zero-order valence-electron chi connectivity index (χ0n) is 10.8. The van der Waals surface area contributed by atoms with E-state index in [2.05, 4.69) is 11.1 Å². The van der Waals surface area contributed by atoms with Crippen molar-refractivity contribution in [2.75, 3.05) is 0 Å². The molecule has 0 fully saturated rings. The Kier molecular flexibility index (Phi) is 3.71. The first-order valence-corrected chi connectivity index (χ1v) is 5.92. The van der Waals surface area contributed by atoms with Crippen LogP contribution in [0, 0.1) is 24.0 Å². The molecule has 19 heavy (non-hydrogen) atoms. The number of nitrogens with zero attached hydrogens (tertiary/aromatic N) is 2. The van der Waals surface area contributed by atoms with E-state index >= 15 is 0 Å². The quantitative estimate of drug-likeness (QED) is 0.473. The van der Waals surface area contributed by atoms with Crippen molar-refractivity contribution < 1.29 is 4.92 Å². The fraction of sp³-hybridized carbons (Fsp3) is 0.133. The lowest BCUT2D eigenvalue weighted by Gasteiger charge is -2.00. The van der Waals surface area contributed by atoms with Crippen LogP contribution < -0.4 is 0 Å². The van der Waals surface area contributed by atoms with Gasteiger partial charge >= 0.3 is 0 Å². The number of rotatable bonds is 3. The lowest BCUT2D eigenvalue weighted by atomic mass is 10.1. The van der Waals surface area contributed by atoms with Crippen molar-refractivity contribution in [2.45, 2.75) is 13.8 Å². The predicted octanol–water partition coefficient (Wildman–Crippen LogP) is 3.96. The third kappa shape index (κ3) is 3.25. The van der Waals surface area contributed by atoms with E-state index in [4.69, 9.17) is 0 Å². The van der Waals surface area contributed by atoms with Crippen molar-refractivity contribution >= 4 is 17.6 Å². The summed E-state index contributed by atoms with van der Waals surface area (Å²) in [5.74, 6) is 0. The third-order valence-electron chi connectivity index (χ3n) is 2.69. The van der Waals surface area contributed by atoms with Crippen LogP contribution in [-0.4, -0.2) is 11.1 Å². The van der Waals surface area contributed by atoms with Crippen LogP contribution in [0.25, 0.3) is 0 Å². The van der Waals surface area contributed by atoms with Gasteiger partial charge in [-0.1, -0.05) is 18.2 Å². The summed E-state index contributed by atoms with van der Waals surface area (Å²) in [5, 5.41) is 10.9. The fourth-order valence-corrected chi connectivity index (χ4v) is 1.93. The molecule has 0 atom stereocenters.